The molecule has 2 aromatic rings. The average molecular weight is 424 g/mol. The second kappa shape index (κ2) is 12.8. The van der Waals surface area contributed by atoms with Crippen molar-refractivity contribution in [1.29, 1.82) is 0 Å². The summed E-state index contributed by atoms with van der Waals surface area (Å²) < 4.78 is 0. The molecule has 1 aliphatic rings. The van der Waals surface area contributed by atoms with Crippen molar-refractivity contribution in [3.05, 3.63) is 65.7 Å². The summed E-state index contributed by atoms with van der Waals surface area (Å²) in [6.07, 6.45) is 7.87. The molecule has 0 amide bonds. The number of likely N-dealkylation sites (tertiary alicyclic amines) is 1. The van der Waals surface area contributed by atoms with E-state index in [1.54, 1.807) is 0 Å². The zero-order chi connectivity index (χ0) is 21.9. The van der Waals surface area contributed by atoms with Gasteiger partial charge in [-0.3, -0.25) is 4.90 Å². The van der Waals surface area contributed by atoms with E-state index in [-0.39, 0.29) is 6.04 Å². The number of unbranched alkanes of at least 4 members (excludes halogenated alkanes) is 3. The zero-order valence-corrected chi connectivity index (χ0v) is 19.2. The van der Waals surface area contributed by atoms with Crippen LogP contribution in [-0.4, -0.2) is 42.2 Å². The lowest BCUT2D eigenvalue weighted by atomic mass is 9.89. The molecule has 3 rings (SSSR count). The zero-order valence-electron chi connectivity index (χ0n) is 19.2. The van der Waals surface area contributed by atoms with Crippen LogP contribution < -0.4 is 11.1 Å². The molecule has 1 fully saturated rings. The van der Waals surface area contributed by atoms with Gasteiger partial charge in [0.05, 0.1) is 6.10 Å². The molecular weight excluding hydrogens is 382 g/mol. The summed E-state index contributed by atoms with van der Waals surface area (Å²) in [5, 5.41) is 14.4. The van der Waals surface area contributed by atoms with E-state index in [4.69, 9.17) is 5.73 Å². The van der Waals surface area contributed by atoms with Crippen LogP contribution in [0.5, 0.6) is 0 Å². The molecule has 1 saturated heterocycles. The Bertz CT molecular complexity index is 726. The SMILES string of the molecule is C[C@H]([C@H](O)c1ccc(NCCCCCCN)cc1)N1CCC(Cc2ccccc2)CC1. The number of anilines is 1. The molecule has 0 spiro atoms. The quantitative estimate of drug-likeness (QED) is 0.421. The van der Waals surface area contributed by atoms with Gasteiger partial charge in [-0.25, -0.2) is 0 Å². The fraction of sp³-hybridized carbons (Fsp3) is 0.556. The van der Waals surface area contributed by atoms with Gasteiger partial charge in [-0.2, -0.15) is 0 Å². The lowest BCUT2D eigenvalue weighted by Gasteiger charge is -2.38. The molecule has 0 saturated carbocycles. The molecule has 0 radical (unpaired) electrons. The minimum Gasteiger partial charge on any atom is -0.387 e. The monoisotopic (exact) mass is 423 g/mol. The maximum absolute atomic E-state index is 11.0. The fourth-order valence-electron chi connectivity index (χ4n) is 4.64. The third kappa shape index (κ3) is 7.64. The maximum atomic E-state index is 11.0. The lowest BCUT2D eigenvalue weighted by molar-refractivity contribution is 0.0373. The van der Waals surface area contributed by atoms with Gasteiger partial charge in [0.25, 0.3) is 0 Å². The molecule has 4 N–H and O–H groups in total. The Morgan fingerprint density at radius 1 is 0.968 bits per heavy atom. The van der Waals surface area contributed by atoms with Crippen LogP contribution in [0.3, 0.4) is 0 Å². The summed E-state index contributed by atoms with van der Waals surface area (Å²) in [5.41, 5.74) is 9.12. The van der Waals surface area contributed by atoms with E-state index < -0.39 is 6.10 Å². The lowest BCUT2D eigenvalue weighted by Crippen LogP contribution is -2.43. The van der Waals surface area contributed by atoms with Crippen LogP contribution >= 0.6 is 0 Å². The number of hydrogen-bond acceptors (Lipinski definition) is 4. The molecule has 2 aromatic carbocycles. The molecule has 2 atom stereocenters. The molecule has 4 nitrogen and oxygen atoms in total. The Kier molecular flexibility index (Phi) is 9.85. The predicted molar refractivity (Wildman–Crippen MR) is 131 cm³/mol. The number of nitrogens with two attached hydrogens (primary N) is 1. The summed E-state index contributed by atoms with van der Waals surface area (Å²) in [6.45, 7) is 6.08. The predicted octanol–water partition coefficient (Wildman–Crippen LogP) is 4.99. The molecule has 0 bridgehead atoms. The highest BCUT2D eigenvalue weighted by molar-refractivity contribution is 5.45. The van der Waals surface area contributed by atoms with Crippen LogP contribution in [0, 0.1) is 5.92 Å². The number of piperidine rings is 1. The molecule has 1 heterocycles. The number of nitrogens with one attached hydrogen (secondary N) is 1. The van der Waals surface area contributed by atoms with E-state index in [0.717, 1.165) is 49.8 Å². The standard InChI is InChI=1S/C27H41N3O/c1-22(30-19-15-24(16-20-30)21-23-9-5-4-6-10-23)27(31)25-11-13-26(14-12-25)29-18-8-3-2-7-17-28/h4-6,9-14,22,24,27,29,31H,2-3,7-8,15-21,28H2,1H3/t22-,27+/m1/s1. The van der Waals surface area contributed by atoms with Gasteiger partial charge in [0.1, 0.15) is 0 Å². The van der Waals surface area contributed by atoms with Crippen LogP contribution in [0.15, 0.2) is 54.6 Å². The van der Waals surface area contributed by atoms with E-state index >= 15 is 0 Å². The second-order valence-corrected chi connectivity index (χ2v) is 9.11. The maximum Gasteiger partial charge on any atom is 0.0942 e. The first kappa shape index (κ1) is 23.8. The van der Waals surface area contributed by atoms with Gasteiger partial charge in [-0.1, -0.05) is 55.3 Å². The third-order valence-electron chi connectivity index (χ3n) is 6.76. The van der Waals surface area contributed by atoms with Crippen LogP contribution in [0.1, 0.15) is 62.7 Å². The van der Waals surface area contributed by atoms with E-state index in [1.807, 2.05) is 0 Å². The van der Waals surface area contributed by atoms with Crippen molar-refractivity contribution in [3.8, 4) is 0 Å². The van der Waals surface area contributed by atoms with Gasteiger partial charge in [-0.05, 0) is 87.8 Å². The van der Waals surface area contributed by atoms with Gasteiger partial charge < -0.3 is 16.2 Å². The minimum absolute atomic E-state index is 0.138. The van der Waals surface area contributed by atoms with Gasteiger partial charge in [0.2, 0.25) is 0 Å². The van der Waals surface area contributed by atoms with Crippen molar-refractivity contribution < 1.29 is 5.11 Å². The Labute approximate surface area is 188 Å². The van der Waals surface area contributed by atoms with E-state index in [9.17, 15) is 5.11 Å². The number of hydrogen-bond donors (Lipinski definition) is 3. The van der Waals surface area contributed by atoms with E-state index in [0.29, 0.717) is 0 Å². The minimum atomic E-state index is -0.448. The van der Waals surface area contributed by atoms with Gasteiger partial charge in [-0.15, -0.1) is 0 Å². The van der Waals surface area contributed by atoms with Crippen LogP contribution in [0.2, 0.25) is 0 Å². The van der Waals surface area contributed by atoms with E-state index in [1.165, 1.54) is 44.1 Å². The Balaban J connectivity index is 1.41. The van der Waals surface area contributed by atoms with Crippen molar-refractivity contribution in [2.45, 2.75) is 64.0 Å². The molecule has 0 unspecified atom stereocenters. The Morgan fingerprint density at radius 2 is 1.65 bits per heavy atom. The molecule has 4 heteroatoms. The summed E-state index contributed by atoms with van der Waals surface area (Å²) in [7, 11) is 0. The summed E-state index contributed by atoms with van der Waals surface area (Å²) in [4.78, 5) is 2.46. The first-order valence-corrected chi connectivity index (χ1v) is 12.2. The number of aliphatic hydroxyl groups is 1. The Morgan fingerprint density at radius 3 is 2.32 bits per heavy atom. The molecule has 0 aliphatic carbocycles. The average Bonchev–Trinajstić information content (AvgIpc) is 2.82. The van der Waals surface area contributed by atoms with Crippen LogP contribution in [0.25, 0.3) is 0 Å². The first-order chi connectivity index (χ1) is 15.2. The fourth-order valence-corrected chi connectivity index (χ4v) is 4.64. The Hall–Kier alpha value is -1.88. The molecular formula is C27H41N3O. The van der Waals surface area contributed by atoms with Gasteiger partial charge in [0.15, 0.2) is 0 Å². The topological polar surface area (TPSA) is 61.5 Å². The summed E-state index contributed by atoms with van der Waals surface area (Å²) in [6, 6.07) is 19.3. The van der Waals surface area contributed by atoms with Crippen molar-refractivity contribution >= 4 is 5.69 Å². The van der Waals surface area contributed by atoms with E-state index in [2.05, 4.69) is 71.7 Å². The van der Waals surface area contributed by atoms with Crippen molar-refractivity contribution in [1.82, 2.24) is 4.90 Å². The highest BCUT2D eigenvalue weighted by Crippen LogP contribution is 2.28. The molecule has 170 valence electrons. The van der Waals surface area contributed by atoms with Crippen LogP contribution in [-0.2, 0) is 6.42 Å². The largest absolute Gasteiger partial charge is 0.387 e. The van der Waals surface area contributed by atoms with Gasteiger partial charge in [0, 0.05) is 18.3 Å². The first-order valence-electron chi connectivity index (χ1n) is 12.2. The molecule has 31 heavy (non-hydrogen) atoms. The normalized spacial score (nSPS) is 17.4. The highest BCUT2D eigenvalue weighted by atomic mass is 16.3. The van der Waals surface area contributed by atoms with Crippen LogP contribution in [0.4, 0.5) is 5.69 Å². The summed E-state index contributed by atoms with van der Waals surface area (Å²) >= 11 is 0. The highest BCUT2D eigenvalue weighted by Gasteiger charge is 2.27. The number of nitrogens with zero attached hydrogens (tertiary/aromatic N) is 1. The summed E-state index contributed by atoms with van der Waals surface area (Å²) in [5.74, 6) is 0.753. The number of benzene rings is 2. The number of rotatable bonds is 12. The molecule has 1 aliphatic heterocycles. The van der Waals surface area contributed by atoms with Crippen molar-refractivity contribution in [2.75, 3.05) is 31.5 Å². The second-order valence-electron chi connectivity index (χ2n) is 9.11. The van der Waals surface area contributed by atoms with Gasteiger partial charge >= 0.3 is 0 Å². The third-order valence-corrected chi connectivity index (χ3v) is 6.76. The van der Waals surface area contributed by atoms with Crippen molar-refractivity contribution in [2.24, 2.45) is 11.7 Å². The number of aliphatic hydroxyl groups excluding tert-OH is 1. The smallest absolute Gasteiger partial charge is 0.0942 e. The molecule has 0 aromatic heterocycles. The van der Waals surface area contributed by atoms with Crippen molar-refractivity contribution in [3.63, 3.8) is 0 Å².